The lowest BCUT2D eigenvalue weighted by atomic mass is 9.98. The number of nitrogens with one attached hydrogen (secondary N) is 1. The van der Waals surface area contributed by atoms with Gasteiger partial charge >= 0.3 is 0 Å². The van der Waals surface area contributed by atoms with Crippen LogP contribution in [-0.2, 0) is 6.42 Å². The molecule has 4 heteroatoms. The molecule has 2 aromatic rings. The van der Waals surface area contributed by atoms with Gasteiger partial charge in [-0.25, -0.2) is 8.78 Å². The standard InChI is InChI=1S/C16H16ClF2N/c1-2-20-16(12-4-3-5-13(18)10-12)9-11-6-7-14(17)15(19)8-11/h3-8,10,16,20H,2,9H2,1H3. The summed E-state index contributed by atoms with van der Waals surface area (Å²) in [7, 11) is 0. The Kier molecular flexibility index (Phi) is 5.10. The smallest absolute Gasteiger partial charge is 0.142 e. The second-order valence-corrected chi connectivity index (χ2v) is 5.03. The van der Waals surface area contributed by atoms with Crippen molar-refractivity contribution in [1.29, 1.82) is 0 Å². The third-order valence-corrected chi connectivity index (χ3v) is 3.43. The summed E-state index contributed by atoms with van der Waals surface area (Å²) in [6.45, 7) is 2.73. The molecule has 0 saturated carbocycles. The first-order valence-corrected chi connectivity index (χ1v) is 6.90. The predicted molar refractivity (Wildman–Crippen MR) is 77.9 cm³/mol. The number of hydrogen-bond acceptors (Lipinski definition) is 1. The van der Waals surface area contributed by atoms with Crippen LogP contribution in [0.4, 0.5) is 8.78 Å². The molecule has 1 nitrogen and oxygen atoms in total. The molecule has 0 spiro atoms. The SMILES string of the molecule is CCNC(Cc1ccc(Cl)c(F)c1)c1cccc(F)c1. The number of likely N-dealkylation sites (N-methyl/N-ethyl adjacent to an activating group) is 1. The largest absolute Gasteiger partial charge is 0.310 e. The fourth-order valence-corrected chi connectivity index (χ4v) is 2.30. The number of halogens is 3. The molecule has 106 valence electrons. The van der Waals surface area contributed by atoms with E-state index in [1.807, 2.05) is 13.0 Å². The molecule has 0 aliphatic heterocycles. The highest BCUT2D eigenvalue weighted by Crippen LogP contribution is 2.22. The van der Waals surface area contributed by atoms with Crippen LogP contribution in [0.25, 0.3) is 0 Å². The van der Waals surface area contributed by atoms with Crippen LogP contribution in [0.15, 0.2) is 42.5 Å². The van der Waals surface area contributed by atoms with Crippen molar-refractivity contribution < 1.29 is 8.78 Å². The van der Waals surface area contributed by atoms with Gasteiger partial charge in [0.25, 0.3) is 0 Å². The highest BCUT2D eigenvalue weighted by Gasteiger charge is 2.13. The van der Waals surface area contributed by atoms with E-state index in [2.05, 4.69) is 5.32 Å². The van der Waals surface area contributed by atoms with Crippen LogP contribution in [0.5, 0.6) is 0 Å². The maximum Gasteiger partial charge on any atom is 0.142 e. The lowest BCUT2D eigenvalue weighted by Crippen LogP contribution is -2.23. The van der Waals surface area contributed by atoms with Crippen molar-refractivity contribution in [3.63, 3.8) is 0 Å². The van der Waals surface area contributed by atoms with E-state index in [1.165, 1.54) is 18.2 Å². The molecule has 0 aliphatic rings. The third-order valence-electron chi connectivity index (χ3n) is 3.13. The van der Waals surface area contributed by atoms with Gasteiger partial charge in [-0.15, -0.1) is 0 Å². The molecule has 0 radical (unpaired) electrons. The van der Waals surface area contributed by atoms with Crippen molar-refractivity contribution >= 4 is 11.6 Å². The predicted octanol–water partition coefficient (Wildman–Crippen LogP) is 4.51. The van der Waals surface area contributed by atoms with Crippen LogP contribution in [0.3, 0.4) is 0 Å². The van der Waals surface area contributed by atoms with E-state index in [9.17, 15) is 8.78 Å². The summed E-state index contributed by atoms with van der Waals surface area (Å²) in [5.74, 6) is -0.702. The maximum atomic E-state index is 13.5. The molecule has 2 aromatic carbocycles. The topological polar surface area (TPSA) is 12.0 Å². The van der Waals surface area contributed by atoms with Crippen LogP contribution >= 0.6 is 11.6 Å². The number of rotatable bonds is 5. The van der Waals surface area contributed by atoms with Gasteiger partial charge in [-0.3, -0.25) is 0 Å². The van der Waals surface area contributed by atoms with Gasteiger partial charge in [-0.1, -0.05) is 36.7 Å². The van der Waals surface area contributed by atoms with Crippen LogP contribution < -0.4 is 5.32 Å². The molecule has 0 heterocycles. The molecule has 1 N–H and O–H groups in total. The lowest BCUT2D eigenvalue weighted by Gasteiger charge is -2.18. The fraction of sp³-hybridized carbons (Fsp3) is 0.250. The first-order valence-electron chi connectivity index (χ1n) is 6.53. The molecule has 1 unspecified atom stereocenters. The second-order valence-electron chi connectivity index (χ2n) is 4.62. The molecule has 0 fully saturated rings. The quantitative estimate of drug-likeness (QED) is 0.855. The van der Waals surface area contributed by atoms with Crippen molar-refractivity contribution in [2.45, 2.75) is 19.4 Å². The zero-order chi connectivity index (χ0) is 14.5. The van der Waals surface area contributed by atoms with Crippen molar-refractivity contribution in [2.75, 3.05) is 6.54 Å². The Morgan fingerprint density at radius 3 is 2.60 bits per heavy atom. The van der Waals surface area contributed by atoms with Crippen molar-refractivity contribution in [1.82, 2.24) is 5.32 Å². The zero-order valence-corrected chi connectivity index (χ0v) is 11.9. The maximum absolute atomic E-state index is 13.5. The molecule has 0 aromatic heterocycles. The Balaban J connectivity index is 2.22. The molecule has 0 bridgehead atoms. The van der Waals surface area contributed by atoms with Gasteiger partial charge < -0.3 is 5.32 Å². The molecule has 0 amide bonds. The Labute approximate surface area is 122 Å². The van der Waals surface area contributed by atoms with Crippen molar-refractivity contribution in [2.24, 2.45) is 0 Å². The lowest BCUT2D eigenvalue weighted by molar-refractivity contribution is 0.540. The van der Waals surface area contributed by atoms with E-state index in [-0.39, 0.29) is 16.9 Å². The summed E-state index contributed by atoms with van der Waals surface area (Å²) in [4.78, 5) is 0. The minimum Gasteiger partial charge on any atom is -0.310 e. The monoisotopic (exact) mass is 295 g/mol. The van der Waals surface area contributed by atoms with E-state index in [1.54, 1.807) is 18.2 Å². The van der Waals surface area contributed by atoms with Gasteiger partial charge in [0, 0.05) is 6.04 Å². The summed E-state index contributed by atoms with van der Waals surface area (Å²) in [6, 6.07) is 11.1. The van der Waals surface area contributed by atoms with E-state index in [0.717, 1.165) is 17.7 Å². The van der Waals surface area contributed by atoms with Gasteiger partial charge in [0.1, 0.15) is 11.6 Å². The second kappa shape index (κ2) is 6.82. The summed E-state index contributed by atoms with van der Waals surface area (Å²) < 4.78 is 26.8. The van der Waals surface area contributed by atoms with Crippen molar-refractivity contribution in [3.8, 4) is 0 Å². The van der Waals surface area contributed by atoms with Crippen LogP contribution in [0, 0.1) is 11.6 Å². The van der Waals surface area contributed by atoms with Gasteiger partial charge in [0.05, 0.1) is 5.02 Å². The van der Waals surface area contributed by atoms with E-state index >= 15 is 0 Å². The van der Waals surface area contributed by atoms with Gasteiger partial charge in [-0.2, -0.15) is 0 Å². The minimum absolute atomic E-state index is 0.0590. The average molecular weight is 296 g/mol. The fourth-order valence-electron chi connectivity index (χ4n) is 2.18. The Morgan fingerprint density at radius 1 is 1.15 bits per heavy atom. The number of hydrogen-bond donors (Lipinski definition) is 1. The summed E-state index contributed by atoms with van der Waals surface area (Å²) in [5, 5.41) is 3.40. The molecule has 20 heavy (non-hydrogen) atoms. The highest BCUT2D eigenvalue weighted by molar-refractivity contribution is 6.30. The number of benzene rings is 2. The van der Waals surface area contributed by atoms with Gasteiger partial charge in [-0.05, 0) is 48.4 Å². The Morgan fingerprint density at radius 2 is 1.95 bits per heavy atom. The van der Waals surface area contributed by atoms with Crippen LogP contribution in [0.2, 0.25) is 5.02 Å². The van der Waals surface area contributed by atoms with E-state index in [4.69, 9.17) is 11.6 Å². The minimum atomic E-state index is -0.432. The first kappa shape index (κ1) is 14.9. The van der Waals surface area contributed by atoms with Crippen LogP contribution in [-0.4, -0.2) is 6.54 Å². The zero-order valence-electron chi connectivity index (χ0n) is 11.2. The molecular weight excluding hydrogens is 280 g/mol. The van der Waals surface area contributed by atoms with Crippen LogP contribution in [0.1, 0.15) is 24.1 Å². The summed E-state index contributed by atoms with van der Waals surface area (Å²) in [5.41, 5.74) is 1.67. The van der Waals surface area contributed by atoms with E-state index < -0.39 is 5.82 Å². The normalized spacial score (nSPS) is 12.4. The Bertz CT molecular complexity index is 586. The van der Waals surface area contributed by atoms with Gasteiger partial charge in [0.15, 0.2) is 0 Å². The van der Waals surface area contributed by atoms with E-state index in [0.29, 0.717) is 6.42 Å². The first-order chi connectivity index (χ1) is 9.60. The summed E-state index contributed by atoms with van der Waals surface area (Å²) >= 11 is 5.68. The molecule has 1 atom stereocenters. The average Bonchev–Trinajstić information content (AvgIpc) is 2.42. The summed E-state index contributed by atoms with van der Waals surface area (Å²) in [6.07, 6.45) is 0.575. The molecule has 0 aliphatic carbocycles. The van der Waals surface area contributed by atoms with Gasteiger partial charge in [0.2, 0.25) is 0 Å². The Hall–Kier alpha value is -1.45. The molecule has 2 rings (SSSR count). The molecular formula is C16H16ClF2N. The van der Waals surface area contributed by atoms with Crippen molar-refractivity contribution in [3.05, 3.63) is 70.2 Å². The highest BCUT2D eigenvalue weighted by atomic mass is 35.5. The molecule has 0 saturated heterocycles. The third kappa shape index (κ3) is 3.78.